The van der Waals surface area contributed by atoms with Crippen LogP contribution < -0.4 is 5.73 Å². The summed E-state index contributed by atoms with van der Waals surface area (Å²) in [6.07, 6.45) is 0.587. The molecule has 5 nitrogen and oxygen atoms in total. The molecule has 0 saturated heterocycles. The Morgan fingerprint density at radius 1 is 1.64 bits per heavy atom. The first kappa shape index (κ1) is 9.48. The van der Waals surface area contributed by atoms with Gasteiger partial charge in [0, 0.05) is 11.8 Å². The van der Waals surface area contributed by atoms with Crippen molar-refractivity contribution in [1.29, 1.82) is 0 Å². The van der Waals surface area contributed by atoms with Crippen LogP contribution in [0.3, 0.4) is 0 Å². The Bertz CT molecular complexity index is 197. The molecule has 0 bridgehead atoms. The normalized spacial score (nSPS) is 10.8. The van der Waals surface area contributed by atoms with Crippen molar-refractivity contribution in [2.75, 3.05) is 7.11 Å². The number of methoxy groups -OCH3 is 1. The maximum atomic E-state index is 10.4. The lowest BCUT2D eigenvalue weighted by atomic mass is 10.3. The van der Waals surface area contributed by atoms with E-state index in [-0.39, 0.29) is 12.1 Å². The van der Waals surface area contributed by atoms with E-state index in [4.69, 9.17) is 10.8 Å². The summed E-state index contributed by atoms with van der Waals surface area (Å²) in [5, 5.41) is 8.20. The third kappa shape index (κ3) is 4.95. The zero-order valence-electron chi connectivity index (χ0n) is 6.03. The Labute approximate surface area is 63.4 Å². The fourth-order valence-electron chi connectivity index (χ4n) is 0.436. The van der Waals surface area contributed by atoms with Gasteiger partial charge in [-0.05, 0) is 0 Å². The van der Waals surface area contributed by atoms with Gasteiger partial charge in [-0.2, -0.15) is 0 Å². The lowest BCUT2D eigenvalue weighted by Gasteiger charge is -1.94. The number of esters is 1. The molecule has 0 heterocycles. The molecule has 0 aromatic rings. The van der Waals surface area contributed by atoms with Gasteiger partial charge in [0.05, 0.1) is 13.5 Å². The molecular formula is C6H9NO4. The van der Waals surface area contributed by atoms with Gasteiger partial charge in [0.2, 0.25) is 0 Å². The Morgan fingerprint density at radius 3 is 2.55 bits per heavy atom. The molecule has 62 valence electrons. The average Bonchev–Trinajstić information content (AvgIpc) is 1.85. The number of nitrogens with two attached hydrogens (primary N) is 1. The fourth-order valence-corrected chi connectivity index (χ4v) is 0.436. The SMILES string of the molecule is COC(=O)/C=C(\N)CC(=O)O. The number of ether oxygens (including phenoxy) is 1. The number of carboxylic acids is 1. The van der Waals surface area contributed by atoms with Gasteiger partial charge in [-0.3, -0.25) is 4.79 Å². The second-order valence-electron chi connectivity index (χ2n) is 1.81. The summed E-state index contributed by atoms with van der Waals surface area (Å²) >= 11 is 0. The molecule has 0 unspecified atom stereocenters. The molecule has 3 N–H and O–H groups in total. The molecule has 11 heavy (non-hydrogen) atoms. The fraction of sp³-hybridized carbons (Fsp3) is 0.333. The summed E-state index contributed by atoms with van der Waals surface area (Å²) in [7, 11) is 1.19. The Hall–Kier alpha value is -1.52. The number of hydrogen-bond acceptors (Lipinski definition) is 4. The highest BCUT2D eigenvalue weighted by Gasteiger charge is 2.01. The van der Waals surface area contributed by atoms with Crippen molar-refractivity contribution in [2.45, 2.75) is 6.42 Å². The van der Waals surface area contributed by atoms with Crippen LogP contribution in [-0.4, -0.2) is 24.2 Å². The third-order valence-electron chi connectivity index (χ3n) is 0.860. The van der Waals surface area contributed by atoms with E-state index in [1.165, 1.54) is 7.11 Å². The summed E-state index contributed by atoms with van der Waals surface area (Å²) in [6, 6.07) is 0. The molecule has 0 aliphatic carbocycles. The van der Waals surface area contributed by atoms with E-state index in [2.05, 4.69) is 4.74 Å². The van der Waals surface area contributed by atoms with E-state index in [0.29, 0.717) is 0 Å². The van der Waals surface area contributed by atoms with E-state index in [0.717, 1.165) is 6.08 Å². The van der Waals surface area contributed by atoms with Crippen LogP contribution in [0.5, 0.6) is 0 Å². The van der Waals surface area contributed by atoms with Crippen molar-refractivity contribution in [3.63, 3.8) is 0 Å². The highest BCUT2D eigenvalue weighted by Crippen LogP contribution is 1.92. The van der Waals surface area contributed by atoms with E-state index in [1.54, 1.807) is 0 Å². The van der Waals surface area contributed by atoms with E-state index in [1.807, 2.05) is 0 Å². The molecule has 0 spiro atoms. The van der Waals surface area contributed by atoms with Crippen LogP contribution in [0, 0.1) is 0 Å². The maximum Gasteiger partial charge on any atom is 0.332 e. The summed E-state index contributed by atoms with van der Waals surface area (Å²) in [4.78, 5) is 20.4. The van der Waals surface area contributed by atoms with Gasteiger partial charge < -0.3 is 15.6 Å². The number of carboxylic acid groups (broad SMARTS) is 1. The zero-order chi connectivity index (χ0) is 8.85. The second kappa shape index (κ2) is 4.32. The molecule has 0 atom stereocenters. The van der Waals surface area contributed by atoms with Crippen molar-refractivity contribution in [3.8, 4) is 0 Å². The van der Waals surface area contributed by atoms with Crippen LogP contribution in [0.2, 0.25) is 0 Å². The van der Waals surface area contributed by atoms with Crippen LogP contribution in [0.15, 0.2) is 11.8 Å². The Balaban J connectivity index is 4.00. The third-order valence-corrected chi connectivity index (χ3v) is 0.860. The maximum absolute atomic E-state index is 10.4. The standard InChI is InChI=1S/C6H9NO4/c1-11-6(10)3-4(7)2-5(8)9/h3H,2,7H2,1H3,(H,8,9)/b4-3-. The lowest BCUT2D eigenvalue weighted by molar-refractivity contribution is -0.136. The minimum absolute atomic E-state index is 0.0237. The average molecular weight is 159 g/mol. The van der Waals surface area contributed by atoms with Crippen LogP contribution in [0.4, 0.5) is 0 Å². The molecule has 0 saturated carbocycles. The van der Waals surface area contributed by atoms with Gasteiger partial charge in [-0.25, -0.2) is 4.79 Å². The first-order valence-electron chi connectivity index (χ1n) is 2.82. The molecule has 0 amide bonds. The first-order chi connectivity index (χ1) is 5.06. The monoisotopic (exact) mass is 159 g/mol. The number of carbonyl (C=O) groups excluding carboxylic acids is 1. The van der Waals surface area contributed by atoms with Gasteiger partial charge >= 0.3 is 11.9 Å². The molecular weight excluding hydrogens is 150 g/mol. The predicted octanol–water partition coefficient (Wildman–Crippen LogP) is -0.523. The molecule has 0 rings (SSSR count). The molecule has 0 aromatic heterocycles. The molecule has 5 heteroatoms. The van der Waals surface area contributed by atoms with Gasteiger partial charge in [-0.15, -0.1) is 0 Å². The number of aliphatic carboxylic acids is 1. The quantitative estimate of drug-likeness (QED) is 0.427. The Morgan fingerprint density at radius 2 is 2.18 bits per heavy atom. The molecule has 0 aliphatic rings. The second-order valence-corrected chi connectivity index (χ2v) is 1.81. The highest BCUT2D eigenvalue weighted by molar-refractivity contribution is 5.83. The molecule has 0 radical (unpaired) electrons. The summed E-state index contributed by atoms with van der Waals surface area (Å²) in [6.45, 7) is 0. The lowest BCUT2D eigenvalue weighted by Crippen LogP contribution is -2.08. The summed E-state index contributed by atoms with van der Waals surface area (Å²) < 4.78 is 4.21. The van der Waals surface area contributed by atoms with Crippen molar-refractivity contribution >= 4 is 11.9 Å². The van der Waals surface area contributed by atoms with Crippen molar-refractivity contribution in [3.05, 3.63) is 11.8 Å². The highest BCUT2D eigenvalue weighted by atomic mass is 16.5. The van der Waals surface area contributed by atoms with E-state index >= 15 is 0 Å². The number of hydrogen-bond donors (Lipinski definition) is 2. The van der Waals surface area contributed by atoms with Crippen LogP contribution in [0.1, 0.15) is 6.42 Å². The van der Waals surface area contributed by atoms with Crippen LogP contribution >= 0.6 is 0 Å². The van der Waals surface area contributed by atoms with Crippen LogP contribution in [0.25, 0.3) is 0 Å². The van der Waals surface area contributed by atoms with Gasteiger partial charge in [0.25, 0.3) is 0 Å². The number of rotatable bonds is 3. The van der Waals surface area contributed by atoms with Gasteiger partial charge in [-0.1, -0.05) is 0 Å². The molecule has 0 aliphatic heterocycles. The van der Waals surface area contributed by atoms with Gasteiger partial charge in [0.15, 0.2) is 0 Å². The summed E-state index contributed by atoms with van der Waals surface area (Å²) in [5.41, 5.74) is 5.11. The largest absolute Gasteiger partial charge is 0.481 e. The predicted molar refractivity (Wildman–Crippen MR) is 36.5 cm³/mol. The Kier molecular flexibility index (Phi) is 3.72. The minimum atomic E-state index is -1.08. The topological polar surface area (TPSA) is 89.6 Å². The van der Waals surface area contributed by atoms with E-state index < -0.39 is 11.9 Å². The van der Waals surface area contributed by atoms with Crippen molar-refractivity contribution in [2.24, 2.45) is 5.73 Å². The van der Waals surface area contributed by atoms with Gasteiger partial charge in [0.1, 0.15) is 0 Å². The van der Waals surface area contributed by atoms with E-state index in [9.17, 15) is 9.59 Å². The molecule has 0 aromatic carbocycles. The minimum Gasteiger partial charge on any atom is -0.481 e. The zero-order valence-corrected chi connectivity index (χ0v) is 6.03. The molecule has 0 fully saturated rings. The van der Waals surface area contributed by atoms with Crippen molar-refractivity contribution < 1.29 is 19.4 Å². The first-order valence-corrected chi connectivity index (χ1v) is 2.82. The smallest absolute Gasteiger partial charge is 0.332 e. The van der Waals surface area contributed by atoms with Crippen LogP contribution in [-0.2, 0) is 14.3 Å². The summed E-state index contributed by atoms with van der Waals surface area (Å²) in [5.74, 6) is -1.73. The number of carbonyl (C=O) groups is 2. The van der Waals surface area contributed by atoms with Crippen molar-refractivity contribution in [1.82, 2.24) is 0 Å².